The van der Waals surface area contributed by atoms with Crippen LogP contribution in [0.1, 0.15) is 11.1 Å². The number of hydrogen-bond acceptors (Lipinski definition) is 1. The molecular formula is C15H14ClF2N. The van der Waals surface area contributed by atoms with Gasteiger partial charge in [0.15, 0.2) is 11.6 Å². The highest BCUT2D eigenvalue weighted by atomic mass is 35.5. The van der Waals surface area contributed by atoms with Gasteiger partial charge in [0.05, 0.1) is 0 Å². The number of benzene rings is 2. The van der Waals surface area contributed by atoms with Crippen molar-refractivity contribution in [3.8, 4) is 0 Å². The first-order valence-electron chi connectivity index (χ1n) is 5.98. The van der Waals surface area contributed by atoms with Gasteiger partial charge in [-0.2, -0.15) is 0 Å². The van der Waals surface area contributed by atoms with Crippen LogP contribution in [0.15, 0.2) is 42.5 Å². The van der Waals surface area contributed by atoms with Crippen LogP contribution in [-0.4, -0.2) is 6.04 Å². The SMILES string of the molecule is NC(Cc1cccc(Cl)c1)Cc1ccc(F)c(F)c1. The highest BCUT2D eigenvalue weighted by Crippen LogP contribution is 2.14. The summed E-state index contributed by atoms with van der Waals surface area (Å²) in [4.78, 5) is 0. The highest BCUT2D eigenvalue weighted by Gasteiger charge is 2.08. The highest BCUT2D eigenvalue weighted by molar-refractivity contribution is 6.30. The Labute approximate surface area is 116 Å². The van der Waals surface area contributed by atoms with E-state index in [1.54, 1.807) is 12.1 Å². The Morgan fingerprint density at radius 2 is 1.63 bits per heavy atom. The molecule has 2 rings (SSSR count). The lowest BCUT2D eigenvalue weighted by Gasteiger charge is -2.12. The van der Waals surface area contributed by atoms with Gasteiger partial charge in [-0.25, -0.2) is 8.78 Å². The Morgan fingerprint density at radius 3 is 2.26 bits per heavy atom. The number of hydrogen-bond donors (Lipinski definition) is 1. The van der Waals surface area contributed by atoms with Crippen molar-refractivity contribution in [1.29, 1.82) is 0 Å². The molecule has 0 amide bonds. The number of halogens is 3. The zero-order valence-electron chi connectivity index (χ0n) is 10.2. The third-order valence-corrected chi connectivity index (χ3v) is 3.10. The topological polar surface area (TPSA) is 26.0 Å². The van der Waals surface area contributed by atoms with Crippen LogP contribution in [0.5, 0.6) is 0 Å². The molecule has 0 aliphatic rings. The Bertz CT molecular complexity index is 572. The summed E-state index contributed by atoms with van der Waals surface area (Å²) in [5.74, 6) is -1.68. The Balaban J connectivity index is 2.01. The first-order valence-corrected chi connectivity index (χ1v) is 6.36. The first kappa shape index (κ1) is 14.0. The van der Waals surface area contributed by atoms with Crippen LogP contribution < -0.4 is 5.73 Å². The third-order valence-electron chi connectivity index (χ3n) is 2.87. The predicted molar refractivity (Wildman–Crippen MR) is 73.2 cm³/mol. The van der Waals surface area contributed by atoms with Crippen molar-refractivity contribution in [2.24, 2.45) is 5.73 Å². The summed E-state index contributed by atoms with van der Waals surface area (Å²) >= 11 is 5.89. The molecule has 2 aromatic rings. The van der Waals surface area contributed by atoms with E-state index < -0.39 is 11.6 Å². The molecule has 1 unspecified atom stereocenters. The van der Waals surface area contributed by atoms with Gasteiger partial charge >= 0.3 is 0 Å². The lowest BCUT2D eigenvalue weighted by Crippen LogP contribution is -2.25. The van der Waals surface area contributed by atoms with Crippen molar-refractivity contribution in [3.05, 3.63) is 70.2 Å². The number of rotatable bonds is 4. The van der Waals surface area contributed by atoms with Crippen molar-refractivity contribution < 1.29 is 8.78 Å². The fraction of sp³-hybridized carbons (Fsp3) is 0.200. The molecule has 1 nitrogen and oxygen atoms in total. The summed E-state index contributed by atoms with van der Waals surface area (Å²) in [6.45, 7) is 0. The molecule has 1 atom stereocenters. The van der Waals surface area contributed by atoms with Gasteiger partial charge in [-0.05, 0) is 48.2 Å². The van der Waals surface area contributed by atoms with Gasteiger partial charge in [0.1, 0.15) is 0 Å². The zero-order chi connectivity index (χ0) is 13.8. The minimum Gasteiger partial charge on any atom is -0.327 e. The maximum Gasteiger partial charge on any atom is 0.159 e. The molecular weight excluding hydrogens is 268 g/mol. The molecule has 2 N–H and O–H groups in total. The lowest BCUT2D eigenvalue weighted by atomic mass is 10.00. The van der Waals surface area contributed by atoms with Gasteiger partial charge in [0.2, 0.25) is 0 Å². The summed E-state index contributed by atoms with van der Waals surface area (Å²) in [7, 11) is 0. The molecule has 0 radical (unpaired) electrons. The van der Waals surface area contributed by atoms with Crippen LogP contribution in [0.3, 0.4) is 0 Å². The molecule has 100 valence electrons. The molecule has 0 fully saturated rings. The maximum absolute atomic E-state index is 13.1. The fourth-order valence-electron chi connectivity index (χ4n) is 2.01. The van der Waals surface area contributed by atoms with E-state index in [1.165, 1.54) is 6.07 Å². The molecule has 2 aromatic carbocycles. The molecule has 0 bridgehead atoms. The second-order valence-corrected chi connectivity index (χ2v) is 4.98. The number of nitrogens with two attached hydrogens (primary N) is 1. The van der Waals surface area contributed by atoms with Crippen LogP contribution in [-0.2, 0) is 12.8 Å². The third kappa shape index (κ3) is 4.01. The monoisotopic (exact) mass is 281 g/mol. The molecule has 0 aliphatic heterocycles. The average Bonchev–Trinajstić information content (AvgIpc) is 2.34. The van der Waals surface area contributed by atoms with Gasteiger partial charge in [-0.1, -0.05) is 29.8 Å². The summed E-state index contributed by atoms with van der Waals surface area (Å²) in [6, 6.07) is 11.2. The van der Waals surface area contributed by atoms with Crippen molar-refractivity contribution in [2.45, 2.75) is 18.9 Å². The summed E-state index contributed by atoms with van der Waals surface area (Å²) in [5.41, 5.74) is 7.74. The van der Waals surface area contributed by atoms with Crippen molar-refractivity contribution in [1.82, 2.24) is 0 Å². The lowest BCUT2D eigenvalue weighted by molar-refractivity contribution is 0.506. The van der Waals surface area contributed by atoms with Crippen LogP contribution in [0, 0.1) is 11.6 Å². The molecule has 0 heterocycles. The van der Waals surface area contributed by atoms with E-state index >= 15 is 0 Å². The summed E-state index contributed by atoms with van der Waals surface area (Å²) in [6.07, 6.45) is 1.13. The molecule has 0 saturated heterocycles. The normalized spacial score (nSPS) is 12.4. The molecule has 0 aliphatic carbocycles. The zero-order valence-corrected chi connectivity index (χ0v) is 11.0. The van der Waals surface area contributed by atoms with Crippen molar-refractivity contribution in [3.63, 3.8) is 0 Å². The fourth-order valence-corrected chi connectivity index (χ4v) is 2.22. The largest absolute Gasteiger partial charge is 0.327 e. The minimum atomic E-state index is -0.841. The summed E-state index contributed by atoms with van der Waals surface area (Å²) in [5, 5.41) is 0.664. The molecule has 0 spiro atoms. The van der Waals surface area contributed by atoms with Gasteiger partial charge in [0, 0.05) is 11.1 Å². The van der Waals surface area contributed by atoms with E-state index in [2.05, 4.69) is 0 Å². The Hall–Kier alpha value is -1.45. The van der Waals surface area contributed by atoms with Crippen LogP contribution in [0.2, 0.25) is 5.02 Å². The van der Waals surface area contributed by atoms with Crippen LogP contribution in [0.4, 0.5) is 8.78 Å². The minimum absolute atomic E-state index is 0.164. The van der Waals surface area contributed by atoms with Gasteiger partial charge in [-0.15, -0.1) is 0 Å². The van der Waals surface area contributed by atoms with E-state index in [9.17, 15) is 8.78 Å². The van der Waals surface area contributed by atoms with Crippen molar-refractivity contribution in [2.75, 3.05) is 0 Å². The van der Waals surface area contributed by atoms with Crippen LogP contribution in [0.25, 0.3) is 0 Å². The molecule has 4 heteroatoms. The summed E-state index contributed by atoms with van der Waals surface area (Å²) < 4.78 is 25.9. The van der Waals surface area contributed by atoms with Crippen molar-refractivity contribution >= 4 is 11.6 Å². The second-order valence-electron chi connectivity index (χ2n) is 4.55. The van der Waals surface area contributed by atoms with E-state index in [0.29, 0.717) is 23.4 Å². The van der Waals surface area contributed by atoms with Crippen LogP contribution >= 0.6 is 11.6 Å². The van der Waals surface area contributed by atoms with E-state index in [4.69, 9.17) is 17.3 Å². The first-order chi connectivity index (χ1) is 9.04. The van der Waals surface area contributed by atoms with E-state index in [-0.39, 0.29) is 6.04 Å². The molecule has 0 saturated carbocycles. The Kier molecular flexibility index (Phi) is 4.51. The molecule has 19 heavy (non-hydrogen) atoms. The van der Waals surface area contributed by atoms with Gasteiger partial charge < -0.3 is 5.73 Å². The quantitative estimate of drug-likeness (QED) is 0.908. The van der Waals surface area contributed by atoms with E-state index in [0.717, 1.165) is 11.6 Å². The maximum atomic E-state index is 13.1. The van der Waals surface area contributed by atoms with E-state index in [1.807, 2.05) is 18.2 Å². The predicted octanol–water partition coefficient (Wildman–Crippen LogP) is 3.73. The smallest absolute Gasteiger partial charge is 0.159 e. The van der Waals surface area contributed by atoms with Gasteiger partial charge in [0.25, 0.3) is 0 Å². The second kappa shape index (κ2) is 6.13. The standard InChI is InChI=1S/C15H14ClF2N/c16-12-3-1-2-10(6-12)7-13(19)8-11-4-5-14(17)15(18)9-11/h1-6,9,13H,7-8,19H2. The molecule has 0 aromatic heterocycles. The Morgan fingerprint density at radius 1 is 0.947 bits per heavy atom. The van der Waals surface area contributed by atoms with Gasteiger partial charge in [-0.3, -0.25) is 0 Å². The average molecular weight is 282 g/mol.